The molecule has 23 heavy (non-hydrogen) atoms. The van der Waals surface area contributed by atoms with Crippen molar-refractivity contribution in [2.45, 2.75) is 0 Å². The smallest absolute Gasteiger partial charge is 0.402 e. The van der Waals surface area contributed by atoms with E-state index in [1.807, 2.05) is 0 Å². The Kier molecular flexibility index (Phi) is 3.37. The van der Waals surface area contributed by atoms with Crippen LogP contribution in [0.25, 0.3) is 11.3 Å². The highest BCUT2D eigenvalue weighted by atomic mass is 16.6. The van der Waals surface area contributed by atoms with Crippen molar-refractivity contribution in [2.75, 3.05) is 6.54 Å². The van der Waals surface area contributed by atoms with E-state index in [1.54, 1.807) is 24.3 Å². The van der Waals surface area contributed by atoms with E-state index in [0.717, 1.165) is 9.69 Å². The van der Waals surface area contributed by atoms with Crippen LogP contribution in [0, 0.1) is 10.1 Å². The fourth-order valence-corrected chi connectivity index (χ4v) is 2.13. The summed E-state index contributed by atoms with van der Waals surface area (Å²) < 4.78 is 6.62. The average Bonchev–Trinajstić information content (AvgIpc) is 3.14. The average molecular weight is 315 g/mol. The molecule has 0 saturated carbocycles. The van der Waals surface area contributed by atoms with Crippen LogP contribution in [0.4, 0.5) is 16.4 Å². The molecule has 0 radical (unpaired) electrons. The first-order chi connectivity index (χ1) is 11.0. The molecule has 3 amide bonds. The van der Waals surface area contributed by atoms with Gasteiger partial charge < -0.3 is 9.73 Å². The summed E-state index contributed by atoms with van der Waals surface area (Å²) >= 11 is 0. The number of nitro benzene ring substituents is 1. The molecule has 1 fully saturated rings. The molecule has 1 aromatic carbocycles. The van der Waals surface area contributed by atoms with E-state index in [1.165, 1.54) is 12.1 Å². The van der Waals surface area contributed by atoms with Gasteiger partial charge in [-0.3, -0.25) is 14.9 Å². The summed E-state index contributed by atoms with van der Waals surface area (Å²) in [5.74, 6) is 0.164. The highest BCUT2D eigenvalue weighted by molar-refractivity contribution is 6.00. The predicted octanol–water partition coefficient (Wildman–Crippen LogP) is 1.67. The van der Waals surface area contributed by atoms with Crippen molar-refractivity contribution in [3.63, 3.8) is 0 Å². The number of hydrogen-bond acceptors (Lipinski definition) is 5. The molecule has 116 valence electrons. The summed E-state index contributed by atoms with van der Waals surface area (Å²) in [7, 11) is 0. The van der Waals surface area contributed by atoms with Gasteiger partial charge in [-0.1, -0.05) is 0 Å². The van der Waals surface area contributed by atoms with Gasteiger partial charge in [-0.05, 0) is 27.9 Å². The molecule has 1 aliphatic heterocycles. The molecule has 1 N–H and O–H groups in total. The molecule has 0 aliphatic carbocycles. The van der Waals surface area contributed by atoms with Gasteiger partial charge in [0.25, 0.3) is 5.69 Å². The van der Waals surface area contributed by atoms with Gasteiger partial charge in [0.1, 0.15) is 12.3 Å². The minimum atomic E-state index is -0.585. The van der Waals surface area contributed by atoms with Gasteiger partial charge in [0.2, 0.25) is 0 Å². The zero-order chi connectivity index (χ0) is 16.6. The number of hydrazine groups is 1. The van der Waals surface area contributed by atoms with E-state index in [4.69, 9.17) is 4.42 Å². The third-order valence-corrected chi connectivity index (χ3v) is 3.27. The molecule has 0 bridgehead atoms. The molecule has 2 heterocycles. The van der Waals surface area contributed by atoms with Gasteiger partial charge in [0.05, 0.1) is 11.0 Å². The number of hydrogen-bond donors (Lipinski definition) is 1. The van der Waals surface area contributed by atoms with E-state index in [0.29, 0.717) is 11.3 Å². The summed E-state index contributed by atoms with van der Waals surface area (Å²) in [6.45, 7) is 3.53. The minimum absolute atomic E-state index is 0.0290. The van der Waals surface area contributed by atoms with Crippen molar-refractivity contribution >= 4 is 30.2 Å². The molecular weight excluding hydrogens is 304 g/mol. The number of nitrogens with one attached hydrogen (secondary N) is 1. The van der Waals surface area contributed by atoms with Gasteiger partial charge in [-0.15, -0.1) is 0 Å². The lowest BCUT2D eigenvalue weighted by molar-refractivity contribution is -0.579. The Balaban J connectivity index is 1.85. The van der Waals surface area contributed by atoms with Gasteiger partial charge >= 0.3 is 17.8 Å². The lowest BCUT2D eigenvalue weighted by atomic mass is 10.1. The first-order valence-corrected chi connectivity index (χ1v) is 6.53. The SMILES string of the molecule is C=[N+](c1ccc(-c2ccc([N+](=O)[O-])cc2)o1)N1C(=O)CNC1=O. The Bertz CT molecular complexity index is 808. The molecule has 1 aromatic heterocycles. The second kappa shape index (κ2) is 5.37. The number of carbonyl (C=O) groups is 2. The minimum Gasteiger partial charge on any atom is -0.403 e. The van der Waals surface area contributed by atoms with Crippen LogP contribution in [0.15, 0.2) is 40.8 Å². The van der Waals surface area contributed by atoms with Crippen molar-refractivity contribution in [3.8, 4) is 11.3 Å². The Morgan fingerprint density at radius 2 is 1.87 bits per heavy atom. The summed E-state index contributed by atoms with van der Waals surface area (Å²) in [4.78, 5) is 33.4. The van der Waals surface area contributed by atoms with Gasteiger partial charge in [-0.25, -0.2) is 4.79 Å². The number of rotatable bonds is 4. The third-order valence-electron chi connectivity index (χ3n) is 3.27. The van der Waals surface area contributed by atoms with Crippen LogP contribution in [-0.4, -0.2) is 39.8 Å². The Labute approximate surface area is 129 Å². The number of non-ortho nitro benzene ring substituents is 1. The Morgan fingerprint density at radius 1 is 1.17 bits per heavy atom. The van der Waals surface area contributed by atoms with Crippen molar-refractivity contribution in [1.29, 1.82) is 0 Å². The quantitative estimate of drug-likeness (QED) is 0.303. The second-order valence-electron chi connectivity index (χ2n) is 4.71. The van der Waals surface area contributed by atoms with Crippen molar-refractivity contribution in [1.82, 2.24) is 10.3 Å². The van der Waals surface area contributed by atoms with Crippen LogP contribution in [0.3, 0.4) is 0 Å². The maximum atomic E-state index is 11.6. The van der Waals surface area contributed by atoms with Crippen molar-refractivity contribution in [3.05, 3.63) is 46.5 Å². The van der Waals surface area contributed by atoms with E-state index in [2.05, 4.69) is 12.0 Å². The molecule has 9 heteroatoms. The molecule has 0 atom stereocenters. The van der Waals surface area contributed by atoms with Crippen LogP contribution in [0.5, 0.6) is 0 Å². The number of nitro groups is 1. The number of furan rings is 1. The summed E-state index contributed by atoms with van der Waals surface area (Å²) in [6.07, 6.45) is 0. The summed E-state index contributed by atoms with van der Waals surface area (Å²) in [5, 5.41) is 13.8. The zero-order valence-electron chi connectivity index (χ0n) is 11.8. The summed E-state index contributed by atoms with van der Waals surface area (Å²) in [6, 6.07) is 8.38. The fraction of sp³-hybridized carbons (Fsp3) is 0.0714. The second-order valence-corrected chi connectivity index (χ2v) is 4.71. The largest absolute Gasteiger partial charge is 0.403 e. The third kappa shape index (κ3) is 2.55. The van der Waals surface area contributed by atoms with E-state index in [-0.39, 0.29) is 18.1 Å². The van der Waals surface area contributed by atoms with Crippen LogP contribution in [-0.2, 0) is 4.79 Å². The number of urea groups is 1. The van der Waals surface area contributed by atoms with E-state index >= 15 is 0 Å². The molecular formula is C14H11N4O5+. The fourth-order valence-electron chi connectivity index (χ4n) is 2.13. The van der Waals surface area contributed by atoms with E-state index in [9.17, 15) is 19.7 Å². The monoisotopic (exact) mass is 315 g/mol. The number of hydrazone groups is 1. The normalized spacial score (nSPS) is 14.0. The summed E-state index contributed by atoms with van der Waals surface area (Å²) in [5.41, 5.74) is 0.589. The molecule has 1 aliphatic rings. The number of carbonyl (C=O) groups excluding carboxylic acids is 2. The Morgan fingerprint density at radius 3 is 2.43 bits per heavy atom. The molecule has 0 spiro atoms. The van der Waals surface area contributed by atoms with Gasteiger partial charge in [-0.2, -0.15) is 0 Å². The first-order valence-electron chi connectivity index (χ1n) is 6.53. The van der Waals surface area contributed by atoms with Crippen LogP contribution >= 0.6 is 0 Å². The van der Waals surface area contributed by atoms with Gasteiger partial charge in [0.15, 0.2) is 6.72 Å². The first kappa shape index (κ1) is 14.4. The highest BCUT2D eigenvalue weighted by Crippen LogP contribution is 2.28. The lowest BCUT2D eigenvalue weighted by Gasteiger charge is -2.04. The lowest BCUT2D eigenvalue weighted by Crippen LogP contribution is -2.37. The molecule has 1 saturated heterocycles. The van der Waals surface area contributed by atoms with Gasteiger partial charge in [0, 0.05) is 17.7 Å². The number of benzene rings is 1. The highest BCUT2D eigenvalue weighted by Gasteiger charge is 2.39. The number of imide groups is 1. The number of amides is 3. The van der Waals surface area contributed by atoms with Crippen molar-refractivity contribution in [2.24, 2.45) is 0 Å². The molecule has 9 nitrogen and oxygen atoms in total. The maximum absolute atomic E-state index is 11.6. The van der Waals surface area contributed by atoms with Crippen LogP contribution in [0.1, 0.15) is 0 Å². The predicted molar refractivity (Wildman–Crippen MR) is 78.1 cm³/mol. The standard InChI is InChI=1S/C14H10N4O5/c1-16(17-12(19)8-15-14(17)20)13-7-6-11(23-13)9-2-4-10(5-3-9)18(21)22/h2-7H,1,8H2/p+1. The van der Waals surface area contributed by atoms with E-state index < -0.39 is 16.9 Å². The van der Waals surface area contributed by atoms with Crippen LogP contribution < -0.4 is 5.32 Å². The zero-order valence-corrected chi connectivity index (χ0v) is 11.8. The topological polar surface area (TPSA) is 109 Å². The van der Waals surface area contributed by atoms with Crippen molar-refractivity contribution < 1.29 is 23.6 Å². The number of nitrogens with zero attached hydrogens (tertiary/aromatic N) is 3. The maximum Gasteiger partial charge on any atom is 0.402 e. The molecule has 0 unspecified atom stereocenters. The molecule has 3 rings (SSSR count). The molecule has 2 aromatic rings. The van der Waals surface area contributed by atoms with Crippen LogP contribution in [0.2, 0.25) is 0 Å². The Hall–Kier alpha value is -3.49.